The molecule has 2 unspecified atom stereocenters. The van der Waals surface area contributed by atoms with Gasteiger partial charge in [-0.2, -0.15) is 0 Å². The van der Waals surface area contributed by atoms with E-state index in [1.54, 1.807) is 0 Å². The maximum atomic E-state index is 6.21. The number of ether oxygens (including phenoxy) is 2. The van der Waals surface area contributed by atoms with Crippen LogP contribution < -0.4 is 9.47 Å². The third kappa shape index (κ3) is 17.6. The van der Waals surface area contributed by atoms with Crippen molar-refractivity contribution in [3.63, 3.8) is 0 Å². The summed E-state index contributed by atoms with van der Waals surface area (Å²) in [5.74, 6) is 2.85. The fraction of sp³-hybridized carbons (Fsp3) is 0.667. The first-order chi connectivity index (χ1) is 17.0. The van der Waals surface area contributed by atoms with Gasteiger partial charge in [-0.1, -0.05) is 114 Å². The molecule has 0 aliphatic heterocycles. The van der Waals surface area contributed by atoms with Crippen LogP contribution in [0.1, 0.15) is 121 Å². The molecule has 39 heavy (non-hydrogen) atoms. The molecule has 0 heterocycles. The van der Waals surface area contributed by atoms with Crippen LogP contribution in [0.4, 0.5) is 0 Å². The molecule has 2 atom stereocenters. The standard InChI is InChI=1S/C17H27ClO.C17H28O.2CH4/c1-12(2)15(9-10-17(4,5)6)19-16-11-13(3)7-8-14(16)18;1-13(2)16(10-11-17(4,5)6)18-15-9-7-8-14(3)12-15;;/h7-8,11-12,15H,9-10H2,1-6H3;7-9,12-13,16H,10-11H2,1-6H3;2*1H4. The number of hydrogen-bond donors (Lipinski definition) is 0. The second kappa shape index (κ2) is 17.9. The van der Waals surface area contributed by atoms with Gasteiger partial charge in [0.25, 0.3) is 0 Å². The highest BCUT2D eigenvalue weighted by atomic mass is 35.5. The van der Waals surface area contributed by atoms with Crippen molar-refractivity contribution >= 4 is 11.6 Å². The number of aryl methyl sites for hydroxylation is 2. The van der Waals surface area contributed by atoms with Crippen LogP contribution in [0, 0.1) is 36.5 Å². The van der Waals surface area contributed by atoms with Crippen molar-refractivity contribution in [2.45, 2.75) is 136 Å². The van der Waals surface area contributed by atoms with Gasteiger partial charge in [-0.3, -0.25) is 0 Å². The van der Waals surface area contributed by atoms with Crippen molar-refractivity contribution in [3.05, 3.63) is 58.6 Å². The van der Waals surface area contributed by atoms with Gasteiger partial charge in [-0.25, -0.2) is 0 Å². The lowest BCUT2D eigenvalue weighted by Crippen LogP contribution is -2.25. The van der Waals surface area contributed by atoms with Crippen molar-refractivity contribution in [1.29, 1.82) is 0 Å². The average molecular weight is 563 g/mol. The Morgan fingerprint density at radius 3 is 1.56 bits per heavy atom. The normalized spacial score (nSPS) is 13.0. The molecule has 0 radical (unpaired) electrons. The Bertz CT molecular complexity index is 918. The summed E-state index contributed by atoms with van der Waals surface area (Å²) in [6.45, 7) is 26.7. The van der Waals surface area contributed by atoms with E-state index >= 15 is 0 Å². The zero-order chi connectivity index (χ0) is 28.4. The molecule has 0 aromatic heterocycles. The summed E-state index contributed by atoms with van der Waals surface area (Å²) in [5, 5.41) is 0.701. The van der Waals surface area contributed by atoms with Gasteiger partial charge in [-0.05, 0) is 97.6 Å². The van der Waals surface area contributed by atoms with Gasteiger partial charge in [0.1, 0.15) is 23.7 Å². The lowest BCUT2D eigenvalue weighted by atomic mass is 9.87. The molecule has 0 saturated heterocycles. The van der Waals surface area contributed by atoms with Crippen molar-refractivity contribution in [2.24, 2.45) is 22.7 Å². The first kappa shape index (κ1) is 39.5. The predicted molar refractivity (Wildman–Crippen MR) is 177 cm³/mol. The fourth-order valence-corrected chi connectivity index (χ4v) is 4.10. The molecular weight excluding hydrogens is 500 g/mol. The molecule has 3 heteroatoms. The summed E-state index contributed by atoms with van der Waals surface area (Å²) >= 11 is 6.21. The minimum absolute atomic E-state index is 0. The Kier molecular flexibility index (Phi) is 18.1. The molecule has 2 nitrogen and oxygen atoms in total. The third-order valence-electron chi connectivity index (χ3n) is 6.49. The van der Waals surface area contributed by atoms with E-state index in [4.69, 9.17) is 21.1 Å². The highest BCUT2D eigenvalue weighted by molar-refractivity contribution is 6.32. The number of halogens is 1. The van der Waals surface area contributed by atoms with Crippen LogP contribution in [0.3, 0.4) is 0 Å². The zero-order valence-electron chi connectivity index (χ0n) is 25.9. The van der Waals surface area contributed by atoms with E-state index in [9.17, 15) is 0 Å². The van der Waals surface area contributed by atoms with Crippen LogP contribution in [0.2, 0.25) is 5.02 Å². The Balaban J connectivity index is 0. The maximum Gasteiger partial charge on any atom is 0.138 e. The van der Waals surface area contributed by atoms with E-state index in [2.05, 4.69) is 107 Å². The van der Waals surface area contributed by atoms with Crippen LogP contribution in [-0.4, -0.2) is 12.2 Å². The Morgan fingerprint density at radius 2 is 1.13 bits per heavy atom. The molecule has 2 rings (SSSR count). The largest absolute Gasteiger partial charge is 0.490 e. The topological polar surface area (TPSA) is 18.5 Å². The first-order valence-electron chi connectivity index (χ1n) is 14.1. The number of benzene rings is 2. The Morgan fingerprint density at radius 1 is 0.667 bits per heavy atom. The molecule has 0 bridgehead atoms. The smallest absolute Gasteiger partial charge is 0.138 e. The second-order valence-electron chi connectivity index (χ2n) is 13.7. The molecule has 0 aliphatic rings. The highest BCUT2D eigenvalue weighted by Crippen LogP contribution is 2.31. The zero-order valence-corrected chi connectivity index (χ0v) is 26.6. The van der Waals surface area contributed by atoms with Gasteiger partial charge >= 0.3 is 0 Å². The van der Waals surface area contributed by atoms with Crippen LogP contribution in [-0.2, 0) is 0 Å². The molecule has 0 amide bonds. The van der Waals surface area contributed by atoms with E-state index in [1.807, 2.05) is 18.2 Å². The van der Waals surface area contributed by atoms with Crippen LogP contribution >= 0.6 is 11.6 Å². The average Bonchev–Trinajstić information content (AvgIpc) is 2.75. The van der Waals surface area contributed by atoms with Crippen LogP contribution in [0.15, 0.2) is 42.5 Å². The van der Waals surface area contributed by atoms with Gasteiger partial charge in [0.15, 0.2) is 0 Å². The van der Waals surface area contributed by atoms with Crippen LogP contribution in [0.25, 0.3) is 0 Å². The molecule has 0 N–H and O–H groups in total. The van der Waals surface area contributed by atoms with Crippen molar-refractivity contribution in [2.75, 3.05) is 0 Å². The van der Waals surface area contributed by atoms with E-state index in [1.165, 1.54) is 17.5 Å². The van der Waals surface area contributed by atoms with Crippen LogP contribution in [0.5, 0.6) is 11.5 Å². The molecular formula is C36H63ClO2. The summed E-state index contributed by atoms with van der Waals surface area (Å²) < 4.78 is 12.3. The van der Waals surface area contributed by atoms with E-state index in [0.717, 1.165) is 30.8 Å². The molecule has 0 spiro atoms. The van der Waals surface area contributed by atoms with E-state index in [0.29, 0.717) is 33.8 Å². The molecule has 0 saturated carbocycles. The fourth-order valence-electron chi connectivity index (χ4n) is 3.93. The second-order valence-corrected chi connectivity index (χ2v) is 14.2. The summed E-state index contributed by atoms with van der Waals surface area (Å²) in [5.41, 5.74) is 3.15. The van der Waals surface area contributed by atoms with Gasteiger partial charge in [0, 0.05) is 0 Å². The summed E-state index contributed by atoms with van der Waals surface area (Å²) in [6, 6.07) is 14.3. The number of hydrogen-bond acceptors (Lipinski definition) is 2. The van der Waals surface area contributed by atoms with Gasteiger partial charge in [0.05, 0.1) is 5.02 Å². The van der Waals surface area contributed by atoms with Crippen molar-refractivity contribution < 1.29 is 9.47 Å². The summed E-state index contributed by atoms with van der Waals surface area (Å²) in [4.78, 5) is 0. The Hall–Kier alpha value is -1.67. The lowest BCUT2D eigenvalue weighted by Gasteiger charge is -2.27. The molecule has 2 aromatic carbocycles. The maximum absolute atomic E-state index is 6.21. The van der Waals surface area contributed by atoms with Gasteiger partial charge in [0.2, 0.25) is 0 Å². The van der Waals surface area contributed by atoms with Gasteiger partial charge < -0.3 is 9.47 Å². The number of rotatable bonds is 10. The SMILES string of the molecule is C.C.Cc1ccc(Cl)c(OC(CCC(C)(C)C)C(C)C)c1.Cc1cccc(OC(CCC(C)(C)C)C(C)C)c1. The minimum atomic E-state index is 0. The summed E-state index contributed by atoms with van der Waals surface area (Å²) in [7, 11) is 0. The highest BCUT2D eigenvalue weighted by Gasteiger charge is 2.21. The molecule has 0 fully saturated rings. The lowest BCUT2D eigenvalue weighted by molar-refractivity contribution is 0.125. The van der Waals surface area contributed by atoms with Crippen molar-refractivity contribution in [1.82, 2.24) is 0 Å². The summed E-state index contributed by atoms with van der Waals surface area (Å²) in [6.07, 6.45) is 5.06. The minimum Gasteiger partial charge on any atom is -0.490 e. The van der Waals surface area contributed by atoms with Crippen molar-refractivity contribution in [3.8, 4) is 11.5 Å². The third-order valence-corrected chi connectivity index (χ3v) is 6.80. The molecule has 2 aromatic rings. The Labute approximate surface area is 249 Å². The molecule has 0 aliphatic carbocycles. The quantitative estimate of drug-likeness (QED) is 0.286. The van der Waals surface area contributed by atoms with Gasteiger partial charge in [-0.15, -0.1) is 0 Å². The van der Waals surface area contributed by atoms with E-state index < -0.39 is 0 Å². The first-order valence-corrected chi connectivity index (χ1v) is 14.5. The van der Waals surface area contributed by atoms with E-state index in [-0.39, 0.29) is 21.0 Å². The predicted octanol–water partition coefficient (Wildman–Crippen LogP) is 12.4. The molecule has 226 valence electrons. The monoisotopic (exact) mass is 562 g/mol.